The molecule has 1 aliphatic heterocycles. The molecule has 4 nitrogen and oxygen atoms in total. The van der Waals surface area contributed by atoms with Crippen molar-refractivity contribution in [2.75, 3.05) is 13.1 Å². The van der Waals surface area contributed by atoms with E-state index in [4.69, 9.17) is 4.84 Å². The van der Waals surface area contributed by atoms with Crippen molar-refractivity contribution in [1.82, 2.24) is 10.4 Å². The average Bonchev–Trinajstić information content (AvgIpc) is 2.62. The van der Waals surface area contributed by atoms with Gasteiger partial charge in [-0.3, -0.25) is 9.63 Å². The Hall–Kier alpha value is -0.610. The Morgan fingerprint density at radius 1 is 1.53 bits per heavy atom. The van der Waals surface area contributed by atoms with E-state index in [0.29, 0.717) is 12.6 Å². The van der Waals surface area contributed by atoms with E-state index in [1.165, 1.54) is 17.9 Å². The molecule has 0 bridgehead atoms. The summed E-state index contributed by atoms with van der Waals surface area (Å²) in [4.78, 5) is 16.3. The van der Waals surface area contributed by atoms with Crippen molar-refractivity contribution in [3.05, 3.63) is 0 Å². The number of hydrogen-bond acceptors (Lipinski definition) is 3. The van der Waals surface area contributed by atoms with E-state index in [0.717, 1.165) is 19.4 Å². The highest BCUT2D eigenvalue weighted by Crippen LogP contribution is 2.12. The Morgan fingerprint density at radius 3 is 2.73 bits per heavy atom. The molecular formula is C11H22N2O2. The third-order valence-electron chi connectivity index (χ3n) is 2.37. The molecule has 0 aromatic carbocycles. The lowest BCUT2D eigenvalue weighted by atomic mass is 10.1. The molecule has 1 amide bonds. The highest BCUT2D eigenvalue weighted by atomic mass is 16.7. The fourth-order valence-corrected chi connectivity index (χ4v) is 1.76. The lowest BCUT2D eigenvalue weighted by Gasteiger charge is -2.27. The number of carbonyl (C=O) groups is 1. The molecule has 1 atom stereocenters. The van der Waals surface area contributed by atoms with Crippen LogP contribution < -0.4 is 5.32 Å². The molecule has 0 saturated carbocycles. The van der Waals surface area contributed by atoms with Gasteiger partial charge in [0.1, 0.15) is 0 Å². The second kappa shape index (κ2) is 5.47. The number of hydrogen-bond donors (Lipinski definition) is 1. The maximum absolute atomic E-state index is 10.8. The second-order valence-electron chi connectivity index (χ2n) is 5.03. The lowest BCUT2D eigenvalue weighted by Crippen LogP contribution is -2.36. The third-order valence-corrected chi connectivity index (χ3v) is 2.37. The zero-order chi connectivity index (χ0) is 11.3. The molecule has 1 fully saturated rings. The van der Waals surface area contributed by atoms with Crippen LogP contribution in [-0.2, 0) is 9.63 Å². The molecule has 1 N–H and O–H groups in total. The minimum Gasteiger partial charge on any atom is -0.314 e. The van der Waals surface area contributed by atoms with Crippen LogP contribution in [0.3, 0.4) is 0 Å². The Balaban J connectivity index is 2.24. The minimum absolute atomic E-state index is 0.302. The molecule has 0 spiro atoms. The summed E-state index contributed by atoms with van der Waals surface area (Å²) in [6.45, 7) is 7.59. The normalized spacial score (nSPS) is 21.7. The van der Waals surface area contributed by atoms with E-state index >= 15 is 0 Å². The number of rotatable bonds is 5. The maximum Gasteiger partial charge on any atom is 0.233 e. The summed E-state index contributed by atoms with van der Waals surface area (Å²) in [5.74, 6) is 0. The molecular weight excluding hydrogens is 192 g/mol. The van der Waals surface area contributed by atoms with E-state index < -0.39 is 0 Å². The molecule has 1 heterocycles. The van der Waals surface area contributed by atoms with Crippen molar-refractivity contribution in [2.24, 2.45) is 0 Å². The molecule has 1 saturated heterocycles. The van der Waals surface area contributed by atoms with Crippen LogP contribution in [0.1, 0.15) is 40.0 Å². The summed E-state index contributed by atoms with van der Waals surface area (Å²) in [6, 6.07) is 0.552. The van der Waals surface area contributed by atoms with Crippen LogP contribution in [0.2, 0.25) is 0 Å². The molecule has 0 aromatic heterocycles. The first kappa shape index (κ1) is 12.5. The van der Waals surface area contributed by atoms with E-state index in [9.17, 15) is 4.79 Å². The summed E-state index contributed by atoms with van der Waals surface area (Å²) in [5.41, 5.74) is -0.302. The Morgan fingerprint density at radius 2 is 2.27 bits per heavy atom. The SMILES string of the molecule is CC(C)(C)ON(C=O)CC[C@@H]1CCCN1. The summed E-state index contributed by atoms with van der Waals surface area (Å²) >= 11 is 0. The van der Waals surface area contributed by atoms with Gasteiger partial charge in [0, 0.05) is 12.6 Å². The van der Waals surface area contributed by atoms with Gasteiger partial charge in [0.15, 0.2) is 0 Å². The fraction of sp³-hybridized carbons (Fsp3) is 0.909. The van der Waals surface area contributed by atoms with E-state index in [1.54, 1.807) is 0 Å². The van der Waals surface area contributed by atoms with Crippen LogP contribution in [0.4, 0.5) is 0 Å². The zero-order valence-electron chi connectivity index (χ0n) is 9.95. The average molecular weight is 214 g/mol. The van der Waals surface area contributed by atoms with Crippen molar-refractivity contribution >= 4 is 6.41 Å². The van der Waals surface area contributed by atoms with Crippen LogP contribution in [-0.4, -0.2) is 36.2 Å². The van der Waals surface area contributed by atoms with E-state index in [1.807, 2.05) is 20.8 Å². The van der Waals surface area contributed by atoms with Crippen molar-refractivity contribution in [2.45, 2.75) is 51.7 Å². The largest absolute Gasteiger partial charge is 0.314 e. The summed E-state index contributed by atoms with van der Waals surface area (Å²) in [5, 5.41) is 4.80. The van der Waals surface area contributed by atoms with E-state index in [-0.39, 0.29) is 5.60 Å². The smallest absolute Gasteiger partial charge is 0.233 e. The number of carbonyl (C=O) groups excluding carboxylic acids is 1. The fourth-order valence-electron chi connectivity index (χ4n) is 1.76. The van der Waals surface area contributed by atoms with Crippen LogP contribution in [0.15, 0.2) is 0 Å². The molecule has 1 aliphatic rings. The zero-order valence-corrected chi connectivity index (χ0v) is 9.95. The van der Waals surface area contributed by atoms with Gasteiger partial charge in [0.2, 0.25) is 6.41 Å². The Labute approximate surface area is 91.9 Å². The molecule has 15 heavy (non-hydrogen) atoms. The number of amides is 1. The van der Waals surface area contributed by atoms with Gasteiger partial charge in [0.05, 0.1) is 5.60 Å². The first-order valence-electron chi connectivity index (χ1n) is 5.66. The monoisotopic (exact) mass is 214 g/mol. The van der Waals surface area contributed by atoms with Gasteiger partial charge in [-0.25, -0.2) is 5.06 Å². The summed E-state index contributed by atoms with van der Waals surface area (Å²) < 4.78 is 0. The molecule has 0 aliphatic carbocycles. The summed E-state index contributed by atoms with van der Waals surface area (Å²) in [7, 11) is 0. The number of nitrogens with one attached hydrogen (secondary N) is 1. The first-order chi connectivity index (χ1) is 7.01. The molecule has 0 radical (unpaired) electrons. The van der Waals surface area contributed by atoms with Crippen LogP contribution in [0, 0.1) is 0 Å². The minimum atomic E-state index is -0.302. The van der Waals surface area contributed by atoms with Gasteiger partial charge in [-0.1, -0.05) is 0 Å². The van der Waals surface area contributed by atoms with Crippen LogP contribution in [0.5, 0.6) is 0 Å². The topological polar surface area (TPSA) is 41.6 Å². The predicted octanol–water partition coefficient (Wildman–Crippen LogP) is 1.32. The molecule has 88 valence electrons. The number of hydroxylamine groups is 2. The van der Waals surface area contributed by atoms with Crippen molar-refractivity contribution in [3.63, 3.8) is 0 Å². The van der Waals surface area contributed by atoms with E-state index in [2.05, 4.69) is 5.32 Å². The van der Waals surface area contributed by atoms with Gasteiger partial charge >= 0.3 is 0 Å². The van der Waals surface area contributed by atoms with Crippen LogP contribution >= 0.6 is 0 Å². The predicted molar refractivity (Wildman–Crippen MR) is 59.2 cm³/mol. The second-order valence-corrected chi connectivity index (χ2v) is 5.03. The van der Waals surface area contributed by atoms with Gasteiger partial charge in [-0.15, -0.1) is 0 Å². The van der Waals surface area contributed by atoms with Gasteiger partial charge in [0.25, 0.3) is 0 Å². The van der Waals surface area contributed by atoms with Gasteiger partial charge in [-0.2, -0.15) is 0 Å². The third kappa shape index (κ3) is 5.14. The number of nitrogens with zero attached hydrogens (tertiary/aromatic N) is 1. The van der Waals surface area contributed by atoms with Crippen molar-refractivity contribution in [3.8, 4) is 0 Å². The van der Waals surface area contributed by atoms with Gasteiger partial charge in [-0.05, 0) is 46.6 Å². The van der Waals surface area contributed by atoms with Crippen LogP contribution in [0.25, 0.3) is 0 Å². The Bertz CT molecular complexity index is 195. The van der Waals surface area contributed by atoms with Crippen molar-refractivity contribution < 1.29 is 9.63 Å². The molecule has 0 aromatic rings. The standard InChI is InChI=1S/C11H22N2O2/c1-11(2,3)15-13(9-14)8-6-10-5-4-7-12-10/h9-10,12H,4-8H2,1-3H3/t10-/m0/s1. The first-order valence-corrected chi connectivity index (χ1v) is 5.66. The highest BCUT2D eigenvalue weighted by Gasteiger charge is 2.19. The van der Waals surface area contributed by atoms with Crippen molar-refractivity contribution in [1.29, 1.82) is 0 Å². The lowest BCUT2D eigenvalue weighted by molar-refractivity contribution is -0.216. The molecule has 1 rings (SSSR count). The highest BCUT2D eigenvalue weighted by molar-refractivity contribution is 5.44. The molecule has 4 heteroatoms. The Kier molecular flexibility index (Phi) is 4.54. The molecule has 0 unspecified atom stereocenters. The summed E-state index contributed by atoms with van der Waals surface area (Å²) in [6.07, 6.45) is 4.18. The van der Waals surface area contributed by atoms with Gasteiger partial charge < -0.3 is 5.32 Å². The maximum atomic E-state index is 10.8. The quantitative estimate of drug-likeness (QED) is 0.554.